The Labute approximate surface area is 105 Å². The molecule has 0 aliphatic carbocycles. The Morgan fingerprint density at radius 3 is 2.59 bits per heavy atom. The summed E-state index contributed by atoms with van der Waals surface area (Å²) in [6.45, 7) is 4.19. The Morgan fingerprint density at radius 2 is 2.00 bits per heavy atom. The molecule has 2 aromatic rings. The molecule has 2 rings (SSSR count). The van der Waals surface area contributed by atoms with E-state index in [0.29, 0.717) is 21.9 Å². The van der Waals surface area contributed by atoms with E-state index in [1.54, 1.807) is 0 Å². The van der Waals surface area contributed by atoms with Gasteiger partial charge in [0.25, 0.3) is 0 Å². The monoisotopic (exact) mass is 255 g/mol. The van der Waals surface area contributed by atoms with Crippen LogP contribution in [0.25, 0.3) is 11.0 Å². The van der Waals surface area contributed by atoms with Gasteiger partial charge in [-0.05, 0) is 31.2 Å². The number of nitrogens with one attached hydrogen (secondary N) is 1. The maximum atomic E-state index is 13.2. The van der Waals surface area contributed by atoms with Crippen molar-refractivity contribution in [3.8, 4) is 0 Å². The van der Waals surface area contributed by atoms with Crippen LogP contribution in [0.5, 0.6) is 0 Å². The van der Waals surface area contributed by atoms with Crippen LogP contribution >= 0.6 is 11.6 Å². The summed E-state index contributed by atoms with van der Waals surface area (Å²) < 4.78 is 18.9. The summed E-state index contributed by atoms with van der Waals surface area (Å²) in [4.78, 5) is 0. The van der Waals surface area contributed by atoms with E-state index in [1.165, 1.54) is 12.1 Å². The van der Waals surface area contributed by atoms with Gasteiger partial charge < -0.3 is 9.73 Å². The van der Waals surface area contributed by atoms with Crippen LogP contribution < -0.4 is 5.32 Å². The van der Waals surface area contributed by atoms with E-state index in [-0.39, 0.29) is 11.9 Å². The molecule has 0 bridgehead atoms. The van der Waals surface area contributed by atoms with E-state index < -0.39 is 0 Å². The zero-order chi connectivity index (χ0) is 12.6. The quantitative estimate of drug-likeness (QED) is 0.892. The Kier molecular flexibility index (Phi) is 3.40. The summed E-state index contributed by atoms with van der Waals surface area (Å²) in [5.74, 6) is 0.814. The minimum Gasteiger partial charge on any atom is -0.458 e. The third-order valence-corrected chi connectivity index (χ3v) is 3.12. The molecule has 0 fully saturated rings. The molecule has 1 aromatic heterocycles. The molecule has 1 aromatic carbocycles. The highest BCUT2D eigenvalue weighted by molar-refractivity contribution is 6.34. The first-order valence-electron chi connectivity index (χ1n) is 5.58. The van der Waals surface area contributed by atoms with Crippen LogP contribution in [-0.2, 0) is 0 Å². The summed E-state index contributed by atoms with van der Waals surface area (Å²) in [7, 11) is 1.88. The number of fused-ring (bicyclic) bond motifs is 1. The van der Waals surface area contributed by atoms with E-state index in [1.807, 2.05) is 13.1 Å². The molecule has 0 spiro atoms. The van der Waals surface area contributed by atoms with Gasteiger partial charge in [0, 0.05) is 5.39 Å². The average Bonchev–Trinajstić information content (AvgIpc) is 2.61. The number of hydrogen-bond donors (Lipinski definition) is 1. The van der Waals surface area contributed by atoms with Gasteiger partial charge >= 0.3 is 0 Å². The zero-order valence-electron chi connectivity index (χ0n) is 10.1. The number of benzene rings is 1. The molecule has 0 saturated carbocycles. The van der Waals surface area contributed by atoms with Crippen molar-refractivity contribution >= 4 is 22.6 Å². The maximum absolute atomic E-state index is 13.2. The molecule has 1 N–H and O–H groups in total. The highest BCUT2D eigenvalue weighted by Crippen LogP contribution is 2.32. The van der Waals surface area contributed by atoms with Gasteiger partial charge in [0.1, 0.15) is 11.6 Å². The fourth-order valence-electron chi connectivity index (χ4n) is 2.05. The Hall–Kier alpha value is -1.06. The van der Waals surface area contributed by atoms with E-state index in [0.717, 1.165) is 5.76 Å². The van der Waals surface area contributed by atoms with E-state index >= 15 is 0 Å². The zero-order valence-corrected chi connectivity index (χ0v) is 10.8. The van der Waals surface area contributed by atoms with Crippen LogP contribution in [-0.4, -0.2) is 7.05 Å². The predicted octanol–water partition coefficient (Wildman–Crippen LogP) is 4.14. The smallest absolute Gasteiger partial charge is 0.153 e. The van der Waals surface area contributed by atoms with Crippen LogP contribution in [0.4, 0.5) is 4.39 Å². The van der Waals surface area contributed by atoms with Gasteiger partial charge in [0.15, 0.2) is 5.58 Å². The molecule has 0 aliphatic rings. The molecular formula is C13H15ClFNO. The Morgan fingerprint density at radius 1 is 1.29 bits per heavy atom. The molecule has 0 saturated heterocycles. The van der Waals surface area contributed by atoms with Crippen molar-refractivity contribution in [3.63, 3.8) is 0 Å². The molecular weight excluding hydrogens is 241 g/mol. The van der Waals surface area contributed by atoms with Crippen LogP contribution in [0.15, 0.2) is 22.6 Å². The summed E-state index contributed by atoms with van der Waals surface area (Å²) in [5, 5.41) is 4.19. The molecule has 92 valence electrons. The lowest BCUT2D eigenvalue weighted by Gasteiger charge is -2.17. The highest BCUT2D eigenvalue weighted by atomic mass is 35.5. The molecule has 0 aliphatic heterocycles. The molecule has 0 radical (unpaired) electrons. The van der Waals surface area contributed by atoms with Crippen molar-refractivity contribution in [1.82, 2.24) is 5.32 Å². The third-order valence-electron chi connectivity index (χ3n) is 2.84. The highest BCUT2D eigenvalue weighted by Gasteiger charge is 2.19. The van der Waals surface area contributed by atoms with Gasteiger partial charge in [-0.3, -0.25) is 0 Å². The van der Waals surface area contributed by atoms with E-state index in [2.05, 4.69) is 19.2 Å². The van der Waals surface area contributed by atoms with Gasteiger partial charge in [0.2, 0.25) is 0 Å². The Balaban J connectivity index is 2.54. The molecule has 17 heavy (non-hydrogen) atoms. The minimum absolute atomic E-state index is 0.0986. The first-order chi connectivity index (χ1) is 8.02. The largest absolute Gasteiger partial charge is 0.458 e. The van der Waals surface area contributed by atoms with Gasteiger partial charge in [-0.2, -0.15) is 0 Å². The third kappa shape index (κ3) is 2.31. The Bertz CT molecular complexity index is 535. The van der Waals surface area contributed by atoms with Crippen LogP contribution in [0, 0.1) is 11.7 Å². The molecule has 1 unspecified atom stereocenters. The number of furan rings is 1. The normalized spacial score (nSPS) is 13.5. The molecule has 0 amide bonds. The minimum atomic E-state index is -0.347. The molecule has 1 heterocycles. The average molecular weight is 256 g/mol. The molecule has 4 heteroatoms. The van der Waals surface area contributed by atoms with Crippen LogP contribution in [0.3, 0.4) is 0 Å². The lowest BCUT2D eigenvalue weighted by atomic mass is 10.0. The van der Waals surface area contributed by atoms with Gasteiger partial charge in [-0.15, -0.1) is 0 Å². The molecule has 2 nitrogen and oxygen atoms in total. The first-order valence-corrected chi connectivity index (χ1v) is 5.96. The second-order valence-electron chi connectivity index (χ2n) is 4.47. The second-order valence-corrected chi connectivity index (χ2v) is 4.87. The van der Waals surface area contributed by atoms with Crippen molar-refractivity contribution in [2.75, 3.05) is 7.05 Å². The lowest BCUT2D eigenvalue weighted by molar-refractivity contribution is 0.371. The van der Waals surface area contributed by atoms with Crippen molar-refractivity contribution in [2.24, 2.45) is 5.92 Å². The predicted molar refractivity (Wildman–Crippen MR) is 67.8 cm³/mol. The standard InChI is InChI=1S/C13H15ClFNO/c1-7(2)12(16-3)11-5-8-4-9(15)6-10(14)13(8)17-11/h4-7,12,16H,1-3H3. The first kappa shape index (κ1) is 12.4. The van der Waals surface area contributed by atoms with Crippen molar-refractivity contribution < 1.29 is 8.81 Å². The summed E-state index contributed by atoms with van der Waals surface area (Å²) >= 11 is 5.95. The van der Waals surface area contributed by atoms with Gasteiger partial charge in [0.05, 0.1) is 11.1 Å². The van der Waals surface area contributed by atoms with Crippen molar-refractivity contribution in [1.29, 1.82) is 0 Å². The molecule has 1 atom stereocenters. The van der Waals surface area contributed by atoms with Crippen molar-refractivity contribution in [2.45, 2.75) is 19.9 Å². The maximum Gasteiger partial charge on any atom is 0.153 e. The fourth-order valence-corrected chi connectivity index (χ4v) is 2.31. The van der Waals surface area contributed by atoms with Crippen LogP contribution in [0.1, 0.15) is 25.6 Å². The van der Waals surface area contributed by atoms with Crippen LogP contribution in [0.2, 0.25) is 5.02 Å². The SMILES string of the molecule is CNC(c1cc2cc(F)cc(Cl)c2o1)C(C)C. The van der Waals surface area contributed by atoms with Crippen molar-refractivity contribution in [3.05, 3.63) is 34.8 Å². The number of rotatable bonds is 3. The topological polar surface area (TPSA) is 25.2 Å². The number of hydrogen-bond acceptors (Lipinski definition) is 2. The fraction of sp³-hybridized carbons (Fsp3) is 0.385. The van der Waals surface area contributed by atoms with Gasteiger partial charge in [-0.1, -0.05) is 25.4 Å². The summed E-state index contributed by atoms with van der Waals surface area (Å²) in [5.41, 5.74) is 0.545. The summed E-state index contributed by atoms with van der Waals surface area (Å²) in [6, 6.07) is 4.63. The van der Waals surface area contributed by atoms with Gasteiger partial charge in [-0.25, -0.2) is 4.39 Å². The van der Waals surface area contributed by atoms with E-state index in [9.17, 15) is 4.39 Å². The number of halogens is 2. The lowest BCUT2D eigenvalue weighted by Crippen LogP contribution is -2.20. The summed E-state index contributed by atoms with van der Waals surface area (Å²) in [6.07, 6.45) is 0. The van der Waals surface area contributed by atoms with E-state index in [4.69, 9.17) is 16.0 Å². The second kappa shape index (κ2) is 4.67.